The molecule has 0 fully saturated rings. The predicted molar refractivity (Wildman–Crippen MR) is 66.4 cm³/mol. The van der Waals surface area contributed by atoms with Gasteiger partial charge in [0.15, 0.2) is 0 Å². The summed E-state index contributed by atoms with van der Waals surface area (Å²) in [6.45, 7) is 0. The maximum Gasteiger partial charge on any atom is 0.354 e. The molecular formula is C13H7FN2O2S. The third-order valence-corrected chi connectivity index (χ3v) is 3.31. The zero-order valence-corrected chi connectivity index (χ0v) is 10.3. The van der Waals surface area contributed by atoms with E-state index in [-0.39, 0.29) is 11.3 Å². The van der Waals surface area contributed by atoms with Crippen LogP contribution in [0, 0.1) is 17.1 Å². The van der Waals surface area contributed by atoms with E-state index in [9.17, 15) is 9.18 Å². The Morgan fingerprint density at radius 1 is 1.37 bits per heavy atom. The second-order valence-electron chi connectivity index (χ2n) is 3.54. The van der Waals surface area contributed by atoms with Crippen molar-refractivity contribution in [2.24, 2.45) is 0 Å². The molecule has 0 saturated carbocycles. The number of carbonyl (C=O) groups is 1. The van der Waals surface area contributed by atoms with Crippen LogP contribution in [0.25, 0.3) is 0 Å². The van der Waals surface area contributed by atoms with E-state index in [0.29, 0.717) is 9.79 Å². The molecule has 1 N–H and O–H groups in total. The lowest BCUT2D eigenvalue weighted by molar-refractivity contribution is 0.0690. The maximum atomic E-state index is 13.0. The van der Waals surface area contributed by atoms with Crippen LogP contribution in [0.5, 0.6) is 0 Å². The normalized spacial score (nSPS) is 9.89. The first-order chi connectivity index (χ1) is 9.10. The van der Waals surface area contributed by atoms with Gasteiger partial charge >= 0.3 is 5.97 Å². The zero-order valence-electron chi connectivity index (χ0n) is 9.50. The molecule has 0 amide bonds. The summed E-state index contributed by atoms with van der Waals surface area (Å²) in [5.41, 5.74) is 0.129. The average molecular weight is 274 g/mol. The van der Waals surface area contributed by atoms with Crippen molar-refractivity contribution in [2.45, 2.75) is 9.79 Å². The highest BCUT2D eigenvalue weighted by Crippen LogP contribution is 2.30. The lowest BCUT2D eigenvalue weighted by Gasteiger charge is -2.04. The number of pyridine rings is 1. The Morgan fingerprint density at radius 2 is 2.16 bits per heavy atom. The summed E-state index contributed by atoms with van der Waals surface area (Å²) in [5.74, 6) is -1.61. The van der Waals surface area contributed by atoms with Crippen molar-refractivity contribution >= 4 is 17.7 Å². The molecule has 2 rings (SSSR count). The van der Waals surface area contributed by atoms with E-state index in [2.05, 4.69) is 4.98 Å². The summed E-state index contributed by atoms with van der Waals surface area (Å²) in [7, 11) is 0. The lowest BCUT2D eigenvalue weighted by Crippen LogP contribution is -1.99. The third-order valence-electron chi connectivity index (χ3n) is 2.24. The molecule has 0 radical (unpaired) electrons. The molecule has 0 bridgehead atoms. The molecule has 0 aliphatic heterocycles. The molecule has 1 aromatic carbocycles. The van der Waals surface area contributed by atoms with E-state index in [4.69, 9.17) is 10.4 Å². The summed E-state index contributed by atoms with van der Waals surface area (Å²) < 4.78 is 13.0. The quantitative estimate of drug-likeness (QED) is 0.931. The number of halogens is 1. The first-order valence-corrected chi connectivity index (χ1v) is 5.98. The van der Waals surface area contributed by atoms with Crippen LogP contribution in [0.3, 0.4) is 0 Å². The highest BCUT2D eigenvalue weighted by atomic mass is 32.2. The van der Waals surface area contributed by atoms with E-state index in [1.54, 1.807) is 6.07 Å². The number of hydrogen-bond acceptors (Lipinski definition) is 4. The number of aromatic carboxylic acids is 1. The third kappa shape index (κ3) is 3.09. The molecule has 0 saturated heterocycles. The molecule has 2 aromatic rings. The fourth-order valence-electron chi connectivity index (χ4n) is 1.40. The van der Waals surface area contributed by atoms with Crippen LogP contribution in [0.4, 0.5) is 4.39 Å². The van der Waals surface area contributed by atoms with Crippen molar-refractivity contribution in [1.29, 1.82) is 5.26 Å². The second kappa shape index (κ2) is 5.50. The van der Waals surface area contributed by atoms with Crippen molar-refractivity contribution in [3.63, 3.8) is 0 Å². The van der Waals surface area contributed by atoms with E-state index >= 15 is 0 Å². The zero-order chi connectivity index (χ0) is 13.8. The van der Waals surface area contributed by atoms with Gasteiger partial charge in [-0.2, -0.15) is 5.26 Å². The van der Waals surface area contributed by atoms with Gasteiger partial charge in [0.05, 0.1) is 5.56 Å². The van der Waals surface area contributed by atoms with Crippen molar-refractivity contribution in [2.75, 3.05) is 0 Å². The minimum Gasteiger partial charge on any atom is -0.477 e. The van der Waals surface area contributed by atoms with Crippen molar-refractivity contribution < 1.29 is 14.3 Å². The number of rotatable bonds is 3. The van der Waals surface area contributed by atoms with Gasteiger partial charge in [-0.15, -0.1) is 0 Å². The van der Waals surface area contributed by atoms with Crippen LogP contribution in [0.1, 0.15) is 16.1 Å². The molecule has 0 unspecified atom stereocenters. The molecule has 0 aliphatic carbocycles. The molecule has 0 atom stereocenters. The van der Waals surface area contributed by atoms with Gasteiger partial charge in [0.2, 0.25) is 0 Å². The first-order valence-electron chi connectivity index (χ1n) is 5.17. The second-order valence-corrected chi connectivity index (χ2v) is 4.65. The lowest BCUT2D eigenvalue weighted by atomic mass is 10.2. The van der Waals surface area contributed by atoms with Crippen LogP contribution in [-0.4, -0.2) is 16.1 Å². The molecule has 1 heterocycles. The molecule has 6 heteroatoms. The number of carboxylic acids is 1. The fraction of sp³-hybridized carbons (Fsp3) is 0. The minimum atomic E-state index is -1.12. The summed E-state index contributed by atoms with van der Waals surface area (Å²) in [4.78, 5) is 15.7. The summed E-state index contributed by atoms with van der Waals surface area (Å²) in [6, 6.07) is 8.81. The largest absolute Gasteiger partial charge is 0.477 e. The molecule has 94 valence electrons. The molecule has 0 aliphatic rings. The molecule has 4 nitrogen and oxygen atoms in total. The van der Waals surface area contributed by atoms with Gasteiger partial charge in [-0.3, -0.25) is 0 Å². The fourth-order valence-corrected chi connectivity index (χ4v) is 2.30. The van der Waals surface area contributed by atoms with E-state index in [0.717, 1.165) is 6.07 Å². The number of carboxylic acid groups (broad SMARTS) is 1. The molecule has 19 heavy (non-hydrogen) atoms. The Labute approximate surface area is 112 Å². The Kier molecular flexibility index (Phi) is 3.78. The van der Waals surface area contributed by atoms with Crippen LogP contribution < -0.4 is 0 Å². The molecule has 1 aromatic heterocycles. The van der Waals surface area contributed by atoms with E-state index < -0.39 is 11.8 Å². The summed E-state index contributed by atoms with van der Waals surface area (Å²) in [6.07, 6.45) is 1.38. The minimum absolute atomic E-state index is 0.0781. The monoisotopic (exact) mass is 274 g/mol. The maximum absolute atomic E-state index is 13.0. The SMILES string of the molecule is N#Cc1cc(F)ccc1Sc1ccnc(C(=O)O)c1. The van der Waals surface area contributed by atoms with Crippen molar-refractivity contribution in [3.8, 4) is 6.07 Å². The number of hydrogen-bond donors (Lipinski definition) is 1. The first kappa shape index (κ1) is 13.1. The molecular weight excluding hydrogens is 267 g/mol. The topological polar surface area (TPSA) is 74.0 Å². The van der Waals surface area contributed by atoms with Gasteiger partial charge in [0.1, 0.15) is 17.6 Å². The van der Waals surface area contributed by atoms with Gasteiger partial charge in [-0.25, -0.2) is 14.2 Å². The van der Waals surface area contributed by atoms with Gasteiger partial charge in [0.25, 0.3) is 0 Å². The summed E-state index contributed by atoms with van der Waals surface area (Å²) >= 11 is 1.19. The smallest absolute Gasteiger partial charge is 0.354 e. The standard InChI is InChI=1S/C13H7FN2O2S/c14-9-1-2-12(8(5-9)7-15)19-10-3-4-16-11(6-10)13(17)18/h1-6H,(H,17,18). The van der Waals surface area contributed by atoms with Gasteiger partial charge in [-0.1, -0.05) is 11.8 Å². The van der Waals surface area contributed by atoms with Crippen molar-refractivity contribution in [1.82, 2.24) is 4.98 Å². The number of aromatic nitrogens is 1. The highest BCUT2D eigenvalue weighted by Gasteiger charge is 2.09. The van der Waals surface area contributed by atoms with Crippen LogP contribution in [0.15, 0.2) is 46.3 Å². The Balaban J connectivity index is 2.34. The average Bonchev–Trinajstić information content (AvgIpc) is 2.41. The highest BCUT2D eigenvalue weighted by molar-refractivity contribution is 7.99. The Hall–Kier alpha value is -2.39. The number of nitriles is 1. The number of benzene rings is 1. The van der Waals surface area contributed by atoms with Crippen LogP contribution in [0.2, 0.25) is 0 Å². The predicted octanol–water partition coefficient (Wildman–Crippen LogP) is 2.94. The van der Waals surface area contributed by atoms with E-state index in [1.165, 1.54) is 36.2 Å². The van der Waals surface area contributed by atoms with Crippen LogP contribution >= 0.6 is 11.8 Å². The van der Waals surface area contributed by atoms with Crippen molar-refractivity contribution in [3.05, 3.63) is 53.6 Å². The molecule has 0 spiro atoms. The Morgan fingerprint density at radius 3 is 2.84 bits per heavy atom. The Bertz CT molecular complexity index is 683. The van der Waals surface area contributed by atoms with Gasteiger partial charge in [0, 0.05) is 16.0 Å². The van der Waals surface area contributed by atoms with E-state index in [1.807, 2.05) is 6.07 Å². The van der Waals surface area contributed by atoms with Gasteiger partial charge in [-0.05, 0) is 30.3 Å². The van der Waals surface area contributed by atoms with Gasteiger partial charge < -0.3 is 5.11 Å². The number of nitrogens with zero attached hydrogens (tertiary/aromatic N) is 2. The van der Waals surface area contributed by atoms with Crippen LogP contribution in [-0.2, 0) is 0 Å². The summed E-state index contributed by atoms with van der Waals surface area (Å²) in [5, 5.41) is 17.8.